The molecule has 0 atom stereocenters. The highest BCUT2D eigenvalue weighted by molar-refractivity contribution is 5.61. The van der Waals surface area contributed by atoms with E-state index in [1.807, 2.05) is 6.92 Å². The summed E-state index contributed by atoms with van der Waals surface area (Å²) in [5.41, 5.74) is 8.07. The molecule has 0 spiro atoms. The second kappa shape index (κ2) is 4.40. The lowest BCUT2D eigenvalue weighted by atomic mass is 10.1. The lowest BCUT2D eigenvalue weighted by molar-refractivity contribution is 0.625. The van der Waals surface area contributed by atoms with E-state index in [1.165, 1.54) is 12.1 Å². The number of aryl methyl sites for hydroxylation is 1. The molecule has 1 aromatic carbocycles. The molecule has 16 heavy (non-hydrogen) atoms. The zero-order valence-corrected chi connectivity index (χ0v) is 9.02. The first-order valence-corrected chi connectivity index (χ1v) is 5.14. The number of nitrogens with zero attached hydrogens (tertiary/aromatic N) is 3. The number of hydrogen-bond acceptors (Lipinski definition) is 3. The molecule has 0 unspecified atom stereocenters. The lowest BCUT2D eigenvalue weighted by Crippen LogP contribution is -2.02. The van der Waals surface area contributed by atoms with Crippen molar-refractivity contribution in [3.8, 4) is 11.3 Å². The molecule has 1 aromatic heterocycles. The summed E-state index contributed by atoms with van der Waals surface area (Å²) in [5, 5.41) is 8.00. The molecule has 0 aliphatic carbocycles. The normalized spacial score (nSPS) is 10.7. The van der Waals surface area contributed by atoms with Crippen molar-refractivity contribution in [2.75, 3.05) is 0 Å². The van der Waals surface area contributed by atoms with Crippen LogP contribution in [0.3, 0.4) is 0 Å². The van der Waals surface area contributed by atoms with Crippen LogP contribution in [0, 0.1) is 5.82 Å². The van der Waals surface area contributed by atoms with Crippen molar-refractivity contribution >= 4 is 0 Å². The Hall–Kier alpha value is -1.75. The predicted molar refractivity (Wildman–Crippen MR) is 59.0 cm³/mol. The summed E-state index contributed by atoms with van der Waals surface area (Å²) in [4.78, 5) is 0. The van der Waals surface area contributed by atoms with Crippen molar-refractivity contribution < 1.29 is 4.39 Å². The fourth-order valence-electron chi connectivity index (χ4n) is 1.63. The molecule has 2 N–H and O–H groups in total. The van der Waals surface area contributed by atoms with Gasteiger partial charge in [0.05, 0.1) is 5.69 Å². The molecule has 4 nitrogen and oxygen atoms in total. The van der Waals surface area contributed by atoms with Gasteiger partial charge in [-0.3, -0.25) is 0 Å². The van der Waals surface area contributed by atoms with E-state index in [9.17, 15) is 4.39 Å². The highest BCUT2D eigenvalue weighted by Gasteiger charge is 2.12. The fraction of sp³-hybridized carbons (Fsp3) is 0.273. The molecule has 0 aliphatic rings. The average molecular weight is 220 g/mol. The molecule has 2 aromatic rings. The smallest absolute Gasteiger partial charge is 0.123 e. The maximum atomic E-state index is 12.8. The van der Waals surface area contributed by atoms with E-state index in [1.54, 1.807) is 16.8 Å². The van der Waals surface area contributed by atoms with Gasteiger partial charge in [0.2, 0.25) is 0 Å². The summed E-state index contributed by atoms with van der Waals surface area (Å²) in [6, 6.07) is 6.25. The molecule has 84 valence electrons. The second-order valence-corrected chi connectivity index (χ2v) is 3.41. The van der Waals surface area contributed by atoms with E-state index >= 15 is 0 Å². The number of halogens is 1. The maximum absolute atomic E-state index is 12.8. The van der Waals surface area contributed by atoms with E-state index in [0.29, 0.717) is 13.1 Å². The molecule has 1 heterocycles. The van der Waals surface area contributed by atoms with Gasteiger partial charge in [-0.1, -0.05) is 5.21 Å². The van der Waals surface area contributed by atoms with Crippen molar-refractivity contribution in [3.63, 3.8) is 0 Å². The second-order valence-electron chi connectivity index (χ2n) is 3.41. The Morgan fingerprint density at radius 3 is 2.56 bits per heavy atom. The summed E-state index contributed by atoms with van der Waals surface area (Å²) in [5.74, 6) is -0.256. The number of rotatable bonds is 3. The molecule has 2 rings (SSSR count). The van der Waals surface area contributed by atoms with Crippen LogP contribution in [0.25, 0.3) is 11.3 Å². The van der Waals surface area contributed by atoms with Crippen molar-refractivity contribution in [1.82, 2.24) is 15.0 Å². The van der Waals surface area contributed by atoms with Gasteiger partial charge in [-0.15, -0.1) is 5.10 Å². The minimum atomic E-state index is -0.256. The zero-order valence-electron chi connectivity index (χ0n) is 9.02. The summed E-state index contributed by atoms with van der Waals surface area (Å²) < 4.78 is 14.6. The van der Waals surface area contributed by atoms with Gasteiger partial charge in [-0.25, -0.2) is 9.07 Å². The van der Waals surface area contributed by atoms with Crippen LogP contribution in [0.4, 0.5) is 4.39 Å². The van der Waals surface area contributed by atoms with Crippen molar-refractivity contribution in [3.05, 3.63) is 35.8 Å². The van der Waals surface area contributed by atoms with Crippen LogP contribution in [-0.2, 0) is 13.1 Å². The van der Waals surface area contributed by atoms with Gasteiger partial charge >= 0.3 is 0 Å². The fourth-order valence-corrected chi connectivity index (χ4v) is 1.63. The van der Waals surface area contributed by atoms with Gasteiger partial charge in [0, 0.05) is 18.7 Å². The first kappa shape index (κ1) is 10.8. The van der Waals surface area contributed by atoms with Gasteiger partial charge < -0.3 is 5.73 Å². The van der Waals surface area contributed by atoms with Crippen LogP contribution in [0.1, 0.15) is 12.6 Å². The van der Waals surface area contributed by atoms with E-state index < -0.39 is 0 Å². The van der Waals surface area contributed by atoms with Crippen LogP contribution in [0.2, 0.25) is 0 Å². The van der Waals surface area contributed by atoms with Crippen molar-refractivity contribution in [2.45, 2.75) is 20.0 Å². The van der Waals surface area contributed by atoms with Crippen LogP contribution >= 0.6 is 0 Å². The molecule has 0 amide bonds. The van der Waals surface area contributed by atoms with Crippen molar-refractivity contribution in [2.24, 2.45) is 5.73 Å². The number of hydrogen-bond donors (Lipinski definition) is 1. The maximum Gasteiger partial charge on any atom is 0.123 e. The largest absolute Gasteiger partial charge is 0.325 e. The summed E-state index contributed by atoms with van der Waals surface area (Å²) in [6.07, 6.45) is 0. The lowest BCUT2D eigenvalue weighted by Gasteiger charge is -2.05. The van der Waals surface area contributed by atoms with Gasteiger partial charge in [-0.05, 0) is 31.2 Å². The number of benzene rings is 1. The van der Waals surface area contributed by atoms with Crippen molar-refractivity contribution in [1.29, 1.82) is 0 Å². The Morgan fingerprint density at radius 1 is 1.31 bits per heavy atom. The quantitative estimate of drug-likeness (QED) is 0.854. The molecule has 0 aliphatic heterocycles. The highest BCUT2D eigenvalue weighted by Crippen LogP contribution is 2.22. The monoisotopic (exact) mass is 220 g/mol. The molecule has 0 fully saturated rings. The van der Waals surface area contributed by atoms with Crippen LogP contribution in [0.5, 0.6) is 0 Å². The molecule has 5 heteroatoms. The first-order valence-electron chi connectivity index (χ1n) is 5.14. The summed E-state index contributed by atoms with van der Waals surface area (Å²) in [6.45, 7) is 3.01. The van der Waals surface area contributed by atoms with E-state index in [4.69, 9.17) is 5.73 Å². The highest BCUT2D eigenvalue weighted by atomic mass is 19.1. The van der Waals surface area contributed by atoms with Gasteiger partial charge in [0.25, 0.3) is 0 Å². The van der Waals surface area contributed by atoms with Crippen LogP contribution < -0.4 is 5.73 Å². The molecule has 0 radical (unpaired) electrons. The van der Waals surface area contributed by atoms with Gasteiger partial charge in [0.15, 0.2) is 0 Å². The molecule has 0 bridgehead atoms. The van der Waals surface area contributed by atoms with Crippen LogP contribution in [0.15, 0.2) is 24.3 Å². The molecule has 0 saturated carbocycles. The third-order valence-electron chi connectivity index (χ3n) is 2.42. The molecular formula is C11H13FN4. The standard InChI is InChI=1S/C11H13FN4/c1-2-16-11(10(7-13)14-15-16)8-3-5-9(12)6-4-8/h3-6H,2,7,13H2,1H3. The van der Waals surface area contributed by atoms with E-state index in [2.05, 4.69) is 10.3 Å². The Bertz CT molecular complexity index is 454. The molecule has 0 saturated heterocycles. The predicted octanol–water partition coefficient (Wildman–Crippen LogP) is 1.56. The van der Waals surface area contributed by atoms with E-state index in [0.717, 1.165) is 17.0 Å². The Labute approximate surface area is 92.9 Å². The van der Waals surface area contributed by atoms with Crippen LogP contribution in [-0.4, -0.2) is 15.0 Å². The SMILES string of the molecule is CCn1nnc(CN)c1-c1ccc(F)cc1. The minimum Gasteiger partial charge on any atom is -0.325 e. The van der Waals surface area contributed by atoms with Gasteiger partial charge in [0.1, 0.15) is 11.5 Å². The number of nitrogens with two attached hydrogens (primary N) is 1. The Kier molecular flexibility index (Phi) is 2.96. The average Bonchev–Trinajstić information content (AvgIpc) is 2.73. The summed E-state index contributed by atoms with van der Waals surface area (Å²) in [7, 11) is 0. The number of aromatic nitrogens is 3. The van der Waals surface area contributed by atoms with Gasteiger partial charge in [-0.2, -0.15) is 0 Å². The van der Waals surface area contributed by atoms with E-state index in [-0.39, 0.29) is 5.82 Å². The molecular weight excluding hydrogens is 207 g/mol. The zero-order chi connectivity index (χ0) is 11.5. The third kappa shape index (κ3) is 1.81. The third-order valence-corrected chi connectivity index (χ3v) is 2.42. The minimum absolute atomic E-state index is 0.256. The Morgan fingerprint density at radius 2 is 2.00 bits per heavy atom. The topological polar surface area (TPSA) is 56.7 Å². The summed E-state index contributed by atoms with van der Waals surface area (Å²) >= 11 is 0. The Balaban J connectivity index is 2.52. The first-order chi connectivity index (χ1) is 7.76.